The predicted molar refractivity (Wildman–Crippen MR) is 109 cm³/mol. The molecule has 1 aliphatic heterocycles. The second-order valence-corrected chi connectivity index (χ2v) is 6.68. The van der Waals surface area contributed by atoms with E-state index < -0.39 is 0 Å². The van der Waals surface area contributed by atoms with Crippen LogP contribution in [0, 0.1) is 0 Å². The molecule has 0 spiro atoms. The Kier molecular flexibility index (Phi) is 8.69. The summed E-state index contributed by atoms with van der Waals surface area (Å²) in [6, 6.07) is 11.4. The van der Waals surface area contributed by atoms with E-state index in [1.807, 2.05) is 36.4 Å². The number of halogens is 1. The van der Waals surface area contributed by atoms with Crippen LogP contribution in [-0.2, 0) is 0 Å². The Labute approximate surface area is 167 Å². The molecule has 2 aromatic rings. The molecular weight excluding hydrogens is 364 g/mol. The highest BCUT2D eigenvalue weighted by atomic mass is 35.5. The van der Waals surface area contributed by atoms with Gasteiger partial charge in [-0.3, -0.25) is 9.69 Å². The van der Waals surface area contributed by atoms with E-state index >= 15 is 0 Å². The van der Waals surface area contributed by atoms with Gasteiger partial charge in [0.05, 0.1) is 24.5 Å². The fraction of sp³-hybridized carbons (Fsp3) is 0.476. The molecule has 27 heavy (non-hydrogen) atoms. The number of amides is 1. The van der Waals surface area contributed by atoms with Gasteiger partial charge in [-0.25, -0.2) is 0 Å². The third kappa shape index (κ3) is 5.75. The molecule has 2 heterocycles. The lowest BCUT2D eigenvalue weighted by molar-refractivity contribution is 0.0929. The molecule has 6 heteroatoms. The number of likely N-dealkylation sites (tertiary alicyclic amines) is 1. The number of benzene rings is 1. The number of unbranched alkanes of at least 4 members (excludes halogenated alkanes) is 1. The number of carbonyl (C=O) groups is 1. The third-order valence-corrected chi connectivity index (χ3v) is 4.80. The maximum atomic E-state index is 12.7. The number of carbonyl (C=O) groups excluding carboxylic acids is 1. The number of ether oxygens (including phenoxy) is 1. The van der Waals surface area contributed by atoms with Crippen LogP contribution in [0.2, 0.25) is 0 Å². The van der Waals surface area contributed by atoms with Crippen molar-refractivity contribution in [2.24, 2.45) is 0 Å². The zero-order valence-corrected chi connectivity index (χ0v) is 16.7. The Balaban J connectivity index is 0.00000261. The number of rotatable bonds is 9. The van der Waals surface area contributed by atoms with E-state index in [-0.39, 0.29) is 24.4 Å². The first-order valence-corrected chi connectivity index (χ1v) is 9.57. The average molecular weight is 393 g/mol. The molecule has 1 aromatic heterocycles. The molecule has 1 atom stereocenters. The maximum absolute atomic E-state index is 12.7. The van der Waals surface area contributed by atoms with E-state index in [2.05, 4.69) is 17.1 Å². The molecule has 1 aliphatic rings. The highest BCUT2D eigenvalue weighted by Crippen LogP contribution is 2.25. The van der Waals surface area contributed by atoms with Crippen LogP contribution < -0.4 is 10.1 Å². The lowest BCUT2D eigenvalue weighted by Gasteiger charge is -2.26. The zero-order valence-electron chi connectivity index (χ0n) is 15.9. The zero-order chi connectivity index (χ0) is 18.2. The summed E-state index contributed by atoms with van der Waals surface area (Å²) in [7, 11) is 0. The Bertz CT molecular complexity index is 684. The molecule has 148 valence electrons. The lowest BCUT2D eigenvalue weighted by atomic mass is 10.1. The molecule has 1 N–H and O–H groups in total. The number of nitrogens with one attached hydrogen (secondary N) is 1. The van der Waals surface area contributed by atoms with Crippen LogP contribution in [0.3, 0.4) is 0 Å². The predicted octanol–water partition coefficient (Wildman–Crippen LogP) is 4.45. The first-order chi connectivity index (χ1) is 12.8. The Morgan fingerprint density at radius 2 is 2.00 bits per heavy atom. The second kappa shape index (κ2) is 11.0. The Morgan fingerprint density at radius 3 is 2.70 bits per heavy atom. The quantitative estimate of drug-likeness (QED) is 0.640. The van der Waals surface area contributed by atoms with E-state index in [0.29, 0.717) is 24.5 Å². The Morgan fingerprint density at radius 1 is 1.22 bits per heavy atom. The summed E-state index contributed by atoms with van der Waals surface area (Å²) in [5.74, 6) is 1.45. The van der Waals surface area contributed by atoms with Crippen molar-refractivity contribution in [1.29, 1.82) is 0 Å². The molecule has 0 radical (unpaired) electrons. The van der Waals surface area contributed by atoms with Crippen molar-refractivity contribution < 1.29 is 13.9 Å². The highest BCUT2D eigenvalue weighted by molar-refractivity contribution is 5.96. The van der Waals surface area contributed by atoms with Crippen LogP contribution >= 0.6 is 12.4 Å². The summed E-state index contributed by atoms with van der Waals surface area (Å²) < 4.78 is 11.4. The topological polar surface area (TPSA) is 54.7 Å². The van der Waals surface area contributed by atoms with Gasteiger partial charge in [0, 0.05) is 6.54 Å². The summed E-state index contributed by atoms with van der Waals surface area (Å²) in [5.41, 5.74) is 0.586. The molecule has 0 saturated carbocycles. The SMILES string of the molecule is CCCCOc1ccccc1C(=O)NCC(c1ccco1)N1CCCC1.Cl. The fourth-order valence-electron chi connectivity index (χ4n) is 3.33. The van der Waals surface area contributed by atoms with Gasteiger partial charge in [-0.05, 0) is 56.6 Å². The molecule has 1 fully saturated rings. The van der Waals surface area contributed by atoms with Gasteiger partial charge in [-0.2, -0.15) is 0 Å². The van der Waals surface area contributed by atoms with E-state index in [0.717, 1.165) is 31.7 Å². The van der Waals surface area contributed by atoms with Gasteiger partial charge < -0.3 is 14.5 Å². The van der Waals surface area contributed by atoms with Crippen LogP contribution in [0.25, 0.3) is 0 Å². The van der Waals surface area contributed by atoms with Crippen molar-refractivity contribution in [3.63, 3.8) is 0 Å². The third-order valence-electron chi connectivity index (χ3n) is 4.80. The average Bonchev–Trinajstić information content (AvgIpc) is 3.37. The van der Waals surface area contributed by atoms with Gasteiger partial charge >= 0.3 is 0 Å². The van der Waals surface area contributed by atoms with Gasteiger partial charge in [-0.15, -0.1) is 12.4 Å². The molecule has 0 aliphatic carbocycles. The number of furan rings is 1. The van der Waals surface area contributed by atoms with E-state index in [9.17, 15) is 4.79 Å². The van der Waals surface area contributed by atoms with Crippen LogP contribution in [-0.4, -0.2) is 37.0 Å². The van der Waals surface area contributed by atoms with Crippen LogP contribution in [0.4, 0.5) is 0 Å². The maximum Gasteiger partial charge on any atom is 0.255 e. The van der Waals surface area contributed by atoms with Crippen molar-refractivity contribution in [2.45, 2.75) is 38.6 Å². The number of nitrogens with zero attached hydrogens (tertiary/aromatic N) is 1. The number of hydrogen-bond acceptors (Lipinski definition) is 4. The summed E-state index contributed by atoms with van der Waals surface area (Å²) >= 11 is 0. The summed E-state index contributed by atoms with van der Waals surface area (Å²) in [6.45, 7) is 5.35. The minimum Gasteiger partial charge on any atom is -0.493 e. The summed E-state index contributed by atoms with van der Waals surface area (Å²) in [6.07, 6.45) is 6.12. The van der Waals surface area contributed by atoms with Crippen molar-refractivity contribution >= 4 is 18.3 Å². The molecule has 1 saturated heterocycles. The summed E-state index contributed by atoms with van der Waals surface area (Å²) in [5, 5.41) is 3.07. The van der Waals surface area contributed by atoms with Gasteiger partial charge in [0.25, 0.3) is 5.91 Å². The molecule has 1 unspecified atom stereocenters. The number of para-hydroxylation sites is 1. The van der Waals surface area contributed by atoms with Crippen LogP contribution in [0.5, 0.6) is 5.75 Å². The van der Waals surface area contributed by atoms with Gasteiger partial charge in [0.1, 0.15) is 11.5 Å². The monoisotopic (exact) mass is 392 g/mol. The first kappa shape index (κ1) is 21.3. The molecular formula is C21H29ClN2O3. The number of hydrogen-bond donors (Lipinski definition) is 1. The van der Waals surface area contributed by atoms with Crippen LogP contribution in [0.15, 0.2) is 47.1 Å². The van der Waals surface area contributed by atoms with E-state index in [1.54, 1.807) is 6.26 Å². The summed E-state index contributed by atoms with van der Waals surface area (Å²) in [4.78, 5) is 15.1. The van der Waals surface area contributed by atoms with Crippen molar-refractivity contribution in [3.05, 3.63) is 54.0 Å². The minimum atomic E-state index is -0.104. The van der Waals surface area contributed by atoms with Crippen molar-refractivity contribution in [2.75, 3.05) is 26.2 Å². The largest absolute Gasteiger partial charge is 0.493 e. The van der Waals surface area contributed by atoms with Gasteiger partial charge in [0.2, 0.25) is 0 Å². The smallest absolute Gasteiger partial charge is 0.255 e. The first-order valence-electron chi connectivity index (χ1n) is 9.57. The van der Waals surface area contributed by atoms with Gasteiger partial charge in [0.15, 0.2) is 0 Å². The standard InChI is InChI=1S/C21H28N2O3.ClH/c1-2-3-14-25-19-10-5-4-9-17(19)21(24)22-16-18(20-11-8-15-26-20)23-12-6-7-13-23;/h4-5,8-11,15,18H,2-3,6-7,12-14,16H2,1H3,(H,22,24);1H. The van der Waals surface area contributed by atoms with Crippen LogP contribution in [0.1, 0.15) is 54.8 Å². The normalized spacial score (nSPS) is 15.1. The molecule has 3 rings (SSSR count). The molecule has 1 aromatic carbocycles. The molecule has 5 nitrogen and oxygen atoms in total. The lowest BCUT2D eigenvalue weighted by Crippen LogP contribution is -2.36. The minimum absolute atomic E-state index is 0. The molecule has 1 amide bonds. The van der Waals surface area contributed by atoms with Crippen molar-refractivity contribution in [3.8, 4) is 5.75 Å². The van der Waals surface area contributed by atoms with Crippen molar-refractivity contribution in [1.82, 2.24) is 10.2 Å². The molecule has 0 bridgehead atoms. The van der Waals surface area contributed by atoms with E-state index in [4.69, 9.17) is 9.15 Å². The fourth-order valence-corrected chi connectivity index (χ4v) is 3.33. The highest BCUT2D eigenvalue weighted by Gasteiger charge is 2.26. The second-order valence-electron chi connectivity index (χ2n) is 6.68. The van der Waals surface area contributed by atoms with E-state index in [1.165, 1.54) is 12.8 Å². The Hall–Kier alpha value is -1.98. The van der Waals surface area contributed by atoms with Gasteiger partial charge in [-0.1, -0.05) is 25.5 Å².